The van der Waals surface area contributed by atoms with Crippen LogP contribution in [0.25, 0.3) is 0 Å². The normalized spacial score (nSPS) is 26.7. The Morgan fingerprint density at radius 2 is 2.07 bits per heavy atom. The molecule has 1 saturated carbocycles. The molecule has 0 bridgehead atoms. The lowest BCUT2D eigenvalue weighted by molar-refractivity contribution is 0.203. The van der Waals surface area contributed by atoms with Crippen molar-refractivity contribution in [3.8, 4) is 0 Å². The summed E-state index contributed by atoms with van der Waals surface area (Å²) < 4.78 is 11.3. The van der Waals surface area contributed by atoms with Crippen molar-refractivity contribution < 1.29 is 4.21 Å². The van der Waals surface area contributed by atoms with Crippen LogP contribution in [-0.2, 0) is 10.8 Å². The van der Waals surface area contributed by atoms with Crippen molar-refractivity contribution >= 4 is 10.8 Å². The van der Waals surface area contributed by atoms with E-state index in [1.54, 1.807) is 0 Å². The first-order chi connectivity index (χ1) is 7.29. The molecule has 1 aliphatic heterocycles. The molecule has 0 aromatic carbocycles. The van der Waals surface area contributed by atoms with Crippen molar-refractivity contribution in [2.75, 3.05) is 31.1 Å². The first-order valence-corrected chi connectivity index (χ1v) is 7.61. The van der Waals surface area contributed by atoms with Gasteiger partial charge in [0.05, 0.1) is 0 Å². The van der Waals surface area contributed by atoms with Gasteiger partial charge in [0.25, 0.3) is 0 Å². The van der Waals surface area contributed by atoms with Crippen LogP contribution in [0.2, 0.25) is 0 Å². The fourth-order valence-corrected chi connectivity index (χ4v) is 3.22. The Hall–Kier alpha value is 0.0700. The van der Waals surface area contributed by atoms with E-state index in [9.17, 15) is 4.21 Å². The third-order valence-corrected chi connectivity index (χ3v) is 4.70. The summed E-state index contributed by atoms with van der Waals surface area (Å²) in [6, 6.07) is 1.46. The highest BCUT2D eigenvalue weighted by atomic mass is 32.2. The maximum Gasteiger partial charge on any atom is 0.0363 e. The Morgan fingerprint density at radius 3 is 2.60 bits per heavy atom. The predicted molar refractivity (Wildman–Crippen MR) is 64.6 cm³/mol. The molecule has 4 heteroatoms. The summed E-state index contributed by atoms with van der Waals surface area (Å²) in [4.78, 5) is 2.51. The molecule has 1 atom stereocenters. The van der Waals surface area contributed by atoms with E-state index in [2.05, 4.69) is 17.1 Å². The van der Waals surface area contributed by atoms with Crippen molar-refractivity contribution in [2.24, 2.45) is 0 Å². The quantitative estimate of drug-likeness (QED) is 0.750. The van der Waals surface area contributed by atoms with Crippen molar-refractivity contribution in [3.05, 3.63) is 0 Å². The fourth-order valence-electron chi connectivity index (χ4n) is 2.14. The van der Waals surface area contributed by atoms with Gasteiger partial charge >= 0.3 is 0 Å². The van der Waals surface area contributed by atoms with E-state index >= 15 is 0 Å². The molecule has 1 heterocycles. The summed E-state index contributed by atoms with van der Waals surface area (Å²) in [5.41, 5.74) is 0. The summed E-state index contributed by atoms with van der Waals surface area (Å²) in [7, 11) is -0.542. The zero-order chi connectivity index (χ0) is 10.7. The Morgan fingerprint density at radius 1 is 1.40 bits per heavy atom. The first kappa shape index (κ1) is 11.6. The Bertz CT molecular complexity index is 221. The molecule has 0 aromatic heterocycles. The van der Waals surface area contributed by atoms with Crippen molar-refractivity contribution in [3.63, 3.8) is 0 Å². The second-order valence-electron chi connectivity index (χ2n) is 4.63. The Balaban J connectivity index is 1.74. The lowest BCUT2D eigenvalue weighted by atomic mass is 10.2. The highest BCUT2D eigenvalue weighted by Crippen LogP contribution is 2.19. The second kappa shape index (κ2) is 5.41. The average molecular weight is 230 g/mol. The maximum atomic E-state index is 11.3. The fraction of sp³-hybridized carbons (Fsp3) is 1.00. The topological polar surface area (TPSA) is 32.3 Å². The van der Waals surface area contributed by atoms with Crippen LogP contribution in [0.5, 0.6) is 0 Å². The Kier molecular flexibility index (Phi) is 4.17. The van der Waals surface area contributed by atoms with Crippen LogP contribution in [0.15, 0.2) is 0 Å². The van der Waals surface area contributed by atoms with Crippen LogP contribution in [0.4, 0.5) is 0 Å². The van der Waals surface area contributed by atoms with E-state index in [1.165, 1.54) is 19.3 Å². The van der Waals surface area contributed by atoms with E-state index in [1.807, 2.05) is 0 Å². The molecule has 0 aromatic rings. The number of nitrogens with one attached hydrogen (secondary N) is 1. The van der Waals surface area contributed by atoms with Gasteiger partial charge in [-0.3, -0.25) is 9.11 Å². The zero-order valence-electron chi connectivity index (χ0n) is 9.58. The van der Waals surface area contributed by atoms with E-state index in [-0.39, 0.29) is 0 Å². The first-order valence-electron chi connectivity index (χ1n) is 6.12. The van der Waals surface area contributed by atoms with Gasteiger partial charge in [0.2, 0.25) is 0 Å². The number of hydrogen-bond acceptors (Lipinski definition) is 3. The summed E-state index contributed by atoms with van der Waals surface area (Å²) in [5.74, 6) is 1.75. The number of hydrogen-bond donors (Lipinski definition) is 1. The van der Waals surface area contributed by atoms with E-state index in [0.717, 1.165) is 37.2 Å². The van der Waals surface area contributed by atoms with Gasteiger partial charge in [-0.05, 0) is 19.3 Å². The van der Waals surface area contributed by atoms with Crippen molar-refractivity contribution in [2.45, 2.75) is 38.3 Å². The van der Waals surface area contributed by atoms with Gasteiger partial charge in [-0.15, -0.1) is 0 Å². The van der Waals surface area contributed by atoms with Gasteiger partial charge in [-0.25, -0.2) is 0 Å². The van der Waals surface area contributed by atoms with Gasteiger partial charge in [-0.2, -0.15) is 0 Å². The van der Waals surface area contributed by atoms with Gasteiger partial charge in [0, 0.05) is 54.0 Å². The van der Waals surface area contributed by atoms with Crippen LogP contribution < -0.4 is 5.32 Å². The summed E-state index contributed by atoms with van der Waals surface area (Å²) in [6.45, 7) is 5.42. The average Bonchev–Trinajstić information content (AvgIpc) is 3.05. The molecule has 1 aliphatic carbocycles. The molecular weight excluding hydrogens is 208 g/mol. The molecule has 0 radical (unpaired) electrons. The minimum Gasteiger partial charge on any atom is -0.312 e. The number of rotatable bonds is 5. The van der Waals surface area contributed by atoms with Crippen LogP contribution in [-0.4, -0.2) is 52.3 Å². The third kappa shape index (κ3) is 3.54. The van der Waals surface area contributed by atoms with E-state index in [0.29, 0.717) is 6.04 Å². The van der Waals surface area contributed by atoms with Crippen molar-refractivity contribution in [1.82, 2.24) is 10.2 Å². The highest BCUT2D eigenvalue weighted by molar-refractivity contribution is 7.85. The predicted octanol–water partition coefficient (Wildman–Crippen LogP) is 0.581. The molecule has 0 spiro atoms. The second-order valence-corrected chi connectivity index (χ2v) is 6.32. The standard InChI is InChI=1S/C11H22N2OS/c1-2-11(9-12-10-3-4-10)13-5-7-15(14)8-6-13/h10-12H,2-9H2,1H3. The highest BCUT2D eigenvalue weighted by Gasteiger charge is 2.25. The van der Waals surface area contributed by atoms with Gasteiger partial charge in [0.15, 0.2) is 0 Å². The number of nitrogens with zero attached hydrogens (tertiary/aromatic N) is 1. The lowest BCUT2D eigenvalue weighted by Gasteiger charge is -2.33. The summed E-state index contributed by atoms with van der Waals surface area (Å²) >= 11 is 0. The summed E-state index contributed by atoms with van der Waals surface area (Å²) in [6.07, 6.45) is 3.92. The Labute approximate surface area is 95.1 Å². The molecule has 2 aliphatic rings. The molecule has 15 heavy (non-hydrogen) atoms. The summed E-state index contributed by atoms with van der Waals surface area (Å²) in [5, 5.41) is 3.60. The maximum absolute atomic E-state index is 11.3. The van der Waals surface area contributed by atoms with Crippen LogP contribution in [0, 0.1) is 0 Å². The molecule has 1 N–H and O–H groups in total. The van der Waals surface area contributed by atoms with Gasteiger partial charge in [0.1, 0.15) is 0 Å². The van der Waals surface area contributed by atoms with E-state index < -0.39 is 10.8 Å². The largest absolute Gasteiger partial charge is 0.312 e. The smallest absolute Gasteiger partial charge is 0.0363 e. The molecule has 1 unspecified atom stereocenters. The van der Waals surface area contributed by atoms with Crippen molar-refractivity contribution in [1.29, 1.82) is 0 Å². The van der Waals surface area contributed by atoms with Crippen LogP contribution in [0.3, 0.4) is 0 Å². The monoisotopic (exact) mass is 230 g/mol. The molecule has 1 saturated heterocycles. The zero-order valence-corrected chi connectivity index (χ0v) is 10.4. The molecule has 0 amide bonds. The van der Waals surface area contributed by atoms with Crippen LogP contribution >= 0.6 is 0 Å². The van der Waals surface area contributed by atoms with Crippen LogP contribution in [0.1, 0.15) is 26.2 Å². The molecule has 2 rings (SSSR count). The lowest BCUT2D eigenvalue weighted by Crippen LogP contribution is -2.48. The molecular formula is C11H22N2OS. The SMILES string of the molecule is CCC(CNC1CC1)N1CCS(=O)CC1. The van der Waals surface area contributed by atoms with Gasteiger partial charge < -0.3 is 5.32 Å². The molecule has 2 fully saturated rings. The third-order valence-electron chi connectivity index (χ3n) is 3.42. The minimum absolute atomic E-state index is 0.542. The molecule has 3 nitrogen and oxygen atoms in total. The van der Waals surface area contributed by atoms with E-state index in [4.69, 9.17) is 0 Å². The van der Waals surface area contributed by atoms with Gasteiger partial charge in [-0.1, -0.05) is 6.92 Å². The molecule has 88 valence electrons. The minimum atomic E-state index is -0.542.